The van der Waals surface area contributed by atoms with E-state index in [4.69, 9.17) is 10.5 Å². The lowest BCUT2D eigenvalue weighted by Gasteiger charge is -2.28. The highest BCUT2D eigenvalue weighted by molar-refractivity contribution is 7.91. The van der Waals surface area contributed by atoms with Gasteiger partial charge in [-0.05, 0) is 18.8 Å². The molecule has 0 aromatic heterocycles. The standard InChI is InChI=1S/C8H15NO3S/c9-8(2-3-12-6-8)7-1-4-13(10,11)5-7/h7H,1-6,9H2. The number of rotatable bonds is 1. The summed E-state index contributed by atoms with van der Waals surface area (Å²) >= 11 is 0. The quantitative estimate of drug-likeness (QED) is 0.629. The molecule has 76 valence electrons. The van der Waals surface area contributed by atoms with Crippen molar-refractivity contribution >= 4 is 9.84 Å². The van der Waals surface area contributed by atoms with Crippen molar-refractivity contribution in [3.8, 4) is 0 Å². The highest BCUT2D eigenvalue weighted by Gasteiger charge is 2.44. The van der Waals surface area contributed by atoms with E-state index < -0.39 is 9.84 Å². The Labute approximate surface area is 78.4 Å². The van der Waals surface area contributed by atoms with Crippen molar-refractivity contribution in [1.82, 2.24) is 0 Å². The number of ether oxygens (including phenoxy) is 1. The molecule has 2 aliphatic heterocycles. The summed E-state index contributed by atoms with van der Waals surface area (Å²) in [5.74, 6) is 0.670. The Kier molecular flexibility index (Phi) is 2.13. The molecule has 2 atom stereocenters. The average Bonchev–Trinajstić information content (AvgIpc) is 2.58. The fraction of sp³-hybridized carbons (Fsp3) is 1.00. The molecule has 2 heterocycles. The van der Waals surface area contributed by atoms with Gasteiger partial charge < -0.3 is 10.5 Å². The van der Waals surface area contributed by atoms with Crippen molar-refractivity contribution < 1.29 is 13.2 Å². The molecule has 2 aliphatic rings. The van der Waals surface area contributed by atoms with E-state index in [1.54, 1.807) is 0 Å². The van der Waals surface area contributed by atoms with E-state index in [0.29, 0.717) is 25.4 Å². The Morgan fingerprint density at radius 3 is 2.69 bits per heavy atom. The van der Waals surface area contributed by atoms with Gasteiger partial charge in [-0.1, -0.05) is 0 Å². The molecule has 4 nitrogen and oxygen atoms in total. The van der Waals surface area contributed by atoms with Gasteiger partial charge in [-0.2, -0.15) is 0 Å². The third kappa shape index (κ3) is 1.73. The summed E-state index contributed by atoms with van der Waals surface area (Å²) in [5.41, 5.74) is 5.72. The molecule has 2 rings (SSSR count). The lowest BCUT2D eigenvalue weighted by Crippen LogP contribution is -2.48. The van der Waals surface area contributed by atoms with Crippen LogP contribution in [0.3, 0.4) is 0 Å². The minimum Gasteiger partial charge on any atom is -0.379 e. The van der Waals surface area contributed by atoms with Crippen LogP contribution in [0.1, 0.15) is 12.8 Å². The summed E-state index contributed by atoms with van der Waals surface area (Å²) in [6, 6.07) is 0. The Bertz CT molecular complexity index is 293. The van der Waals surface area contributed by atoms with Crippen LogP contribution in [0.5, 0.6) is 0 Å². The van der Waals surface area contributed by atoms with Gasteiger partial charge in [0.05, 0.1) is 18.1 Å². The van der Waals surface area contributed by atoms with Gasteiger partial charge in [-0.3, -0.25) is 0 Å². The maximum Gasteiger partial charge on any atom is 0.150 e. The number of hydrogen-bond acceptors (Lipinski definition) is 4. The molecule has 0 radical (unpaired) electrons. The summed E-state index contributed by atoms with van der Waals surface area (Å²) in [6.45, 7) is 1.19. The van der Waals surface area contributed by atoms with Crippen LogP contribution in [0.25, 0.3) is 0 Å². The number of hydrogen-bond donors (Lipinski definition) is 1. The van der Waals surface area contributed by atoms with Crippen LogP contribution in [0, 0.1) is 5.92 Å². The molecule has 2 N–H and O–H groups in total. The summed E-state index contributed by atoms with van der Waals surface area (Å²) in [4.78, 5) is 0. The average molecular weight is 205 g/mol. The van der Waals surface area contributed by atoms with Crippen LogP contribution in [0.2, 0.25) is 0 Å². The molecule has 5 heteroatoms. The minimum absolute atomic E-state index is 0.111. The predicted molar refractivity (Wildman–Crippen MR) is 49.1 cm³/mol. The fourth-order valence-corrected chi connectivity index (χ4v) is 4.09. The van der Waals surface area contributed by atoms with Gasteiger partial charge in [-0.15, -0.1) is 0 Å². The second-order valence-electron chi connectivity index (χ2n) is 4.14. The summed E-state index contributed by atoms with van der Waals surface area (Å²) in [5, 5.41) is 0. The maximum absolute atomic E-state index is 11.2. The fourth-order valence-electron chi connectivity index (χ4n) is 2.17. The Morgan fingerprint density at radius 2 is 2.23 bits per heavy atom. The molecular weight excluding hydrogens is 190 g/mol. The van der Waals surface area contributed by atoms with Crippen LogP contribution in [0.4, 0.5) is 0 Å². The van der Waals surface area contributed by atoms with E-state index in [-0.39, 0.29) is 17.2 Å². The maximum atomic E-state index is 11.2. The first-order chi connectivity index (χ1) is 6.02. The Morgan fingerprint density at radius 1 is 1.46 bits per heavy atom. The van der Waals surface area contributed by atoms with E-state index in [0.717, 1.165) is 6.42 Å². The Balaban J connectivity index is 2.11. The van der Waals surface area contributed by atoms with E-state index in [2.05, 4.69) is 0 Å². The van der Waals surface area contributed by atoms with Gasteiger partial charge >= 0.3 is 0 Å². The summed E-state index contributed by atoms with van der Waals surface area (Å²) in [6.07, 6.45) is 1.51. The van der Waals surface area contributed by atoms with Crippen molar-refractivity contribution in [3.05, 3.63) is 0 Å². The van der Waals surface area contributed by atoms with Gasteiger partial charge in [0.2, 0.25) is 0 Å². The van der Waals surface area contributed by atoms with Gasteiger partial charge in [0.15, 0.2) is 9.84 Å². The molecule has 2 saturated heterocycles. The van der Waals surface area contributed by atoms with Crippen molar-refractivity contribution in [2.45, 2.75) is 18.4 Å². The topological polar surface area (TPSA) is 69.4 Å². The first-order valence-electron chi connectivity index (χ1n) is 4.59. The zero-order valence-electron chi connectivity index (χ0n) is 7.53. The van der Waals surface area contributed by atoms with Crippen molar-refractivity contribution in [2.24, 2.45) is 11.7 Å². The minimum atomic E-state index is -2.81. The zero-order chi connectivity index (χ0) is 9.53. The largest absolute Gasteiger partial charge is 0.379 e. The third-order valence-electron chi connectivity index (χ3n) is 3.13. The number of nitrogens with two attached hydrogens (primary N) is 1. The van der Waals surface area contributed by atoms with Crippen LogP contribution in [0.15, 0.2) is 0 Å². The van der Waals surface area contributed by atoms with Crippen molar-refractivity contribution in [1.29, 1.82) is 0 Å². The molecule has 2 unspecified atom stereocenters. The summed E-state index contributed by atoms with van der Waals surface area (Å²) < 4.78 is 27.7. The first-order valence-corrected chi connectivity index (χ1v) is 6.41. The lowest BCUT2D eigenvalue weighted by molar-refractivity contribution is 0.162. The van der Waals surface area contributed by atoms with E-state index >= 15 is 0 Å². The highest BCUT2D eigenvalue weighted by atomic mass is 32.2. The van der Waals surface area contributed by atoms with E-state index in [9.17, 15) is 8.42 Å². The second kappa shape index (κ2) is 2.93. The molecular formula is C8H15NO3S. The first kappa shape index (κ1) is 9.43. The van der Waals surface area contributed by atoms with Crippen molar-refractivity contribution in [2.75, 3.05) is 24.7 Å². The van der Waals surface area contributed by atoms with Crippen LogP contribution < -0.4 is 5.73 Å². The summed E-state index contributed by atoms with van der Waals surface area (Å²) in [7, 11) is -2.81. The molecule has 0 amide bonds. The predicted octanol–water partition coefficient (Wildman–Crippen LogP) is -0.461. The van der Waals surface area contributed by atoms with Crippen molar-refractivity contribution in [3.63, 3.8) is 0 Å². The third-order valence-corrected chi connectivity index (χ3v) is 4.90. The van der Waals surface area contributed by atoms with Gasteiger partial charge in [0.1, 0.15) is 0 Å². The highest BCUT2D eigenvalue weighted by Crippen LogP contribution is 2.32. The van der Waals surface area contributed by atoms with E-state index in [1.807, 2.05) is 0 Å². The van der Waals surface area contributed by atoms with Gasteiger partial charge in [-0.25, -0.2) is 8.42 Å². The zero-order valence-corrected chi connectivity index (χ0v) is 8.35. The Hall–Kier alpha value is -0.130. The molecule has 0 aromatic rings. The van der Waals surface area contributed by atoms with Crippen LogP contribution in [-0.2, 0) is 14.6 Å². The molecule has 0 saturated carbocycles. The normalized spacial score (nSPS) is 43.9. The molecule has 0 bridgehead atoms. The van der Waals surface area contributed by atoms with Gasteiger partial charge in [0.25, 0.3) is 0 Å². The van der Waals surface area contributed by atoms with Crippen LogP contribution in [-0.4, -0.2) is 38.7 Å². The molecule has 0 spiro atoms. The molecule has 13 heavy (non-hydrogen) atoms. The van der Waals surface area contributed by atoms with Gasteiger partial charge in [0, 0.05) is 12.1 Å². The molecule has 2 fully saturated rings. The monoisotopic (exact) mass is 205 g/mol. The number of sulfone groups is 1. The second-order valence-corrected chi connectivity index (χ2v) is 6.36. The SMILES string of the molecule is NC1(C2CCS(=O)(=O)C2)CCOC1. The smallest absolute Gasteiger partial charge is 0.150 e. The lowest BCUT2D eigenvalue weighted by atomic mass is 9.84. The molecule has 0 aliphatic carbocycles. The van der Waals surface area contributed by atoms with Crippen LogP contribution >= 0.6 is 0 Å². The molecule has 0 aromatic carbocycles. The van der Waals surface area contributed by atoms with E-state index in [1.165, 1.54) is 0 Å².